The second-order valence-electron chi connectivity index (χ2n) is 11.4. The number of phenolic OH excluding ortho intramolecular Hbond substituents is 6. The molecule has 5 rings (SSSR count). The molecule has 0 amide bonds. The SMILES string of the molecule is O=C(/C=C/c1ccc2c(c1)O[C@H](C(=O)O[C@H](Cc1ccc(O)c(O)c1)C(=O)O)[C@H](c1ccc(O)c(O)c1)O2)O[C@H](Cc1ccc(O)c(O)c1)C(=O)O. The van der Waals surface area contributed by atoms with Gasteiger partial charge in [-0.1, -0.05) is 24.3 Å². The van der Waals surface area contributed by atoms with E-state index in [1.165, 1.54) is 42.5 Å². The summed E-state index contributed by atoms with van der Waals surface area (Å²) in [6.07, 6.45) is -4.99. The van der Waals surface area contributed by atoms with Crippen LogP contribution in [0.15, 0.2) is 78.9 Å². The summed E-state index contributed by atoms with van der Waals surface area (Å²) in [4.78, 5) is 49.9. The first-order chi connectivity index (χ1) is 24.7. The van der Waals surface area contributed by atoms with Gasteiger partial charge in [0, 0.05) is 24.5 Å². The Hall–Kier alpha value is -7.10. The minimum Gasteiger partial charge on any atom is -0.504 e. The first-order valence-electron chi connectivity index (χ1n) is 15.2. The van der Waals surface area contributed by atoms with Crippen LogP contribution < -0.4 is 9.47 Å². The van der Waals surface area contributed by atoms with E-state index >= 15 is 0 Å². The number of carbonyl (C=O) groups is 4. The highest BCUT2D eigenvalue weighted by Crippen LogP contribution is 2.42. The maximum Gasteiger partial charge on any atom is 0.352 e. The number of fused-ring (bicyclic) bond motifs is 1. The summed E-state index contributed by atoms with van der Waals surface area (Å²) in [5.41, 5.74) is 0.916. The number of aliphatic carboxylic acids is 2. The van der Waals surface area contributed by atoms with E-state index in [-0.39, 0.29) is 40.2 Å². The molecule has 0 saturated heterocycles. The summed E-state index contributed by atoms with van der Waals surface area (Å²) in [6, 6.07) is 15.0. The van der Waals surface area contributed by atoms with E-state index in [0.29, 0.717) is 0 Å². The molecule has 4 atom stereocenters. The fraction of sp³-hybridized carbons (Fsp3) is 0.167. The van der Waals surface area contributed by atoms with Crippen molar-refractivity contribution in [2.45, 2.75) is 37.3 Å². The Morgan fingerprint density at radius 2 is 1.15 bits per heavy atom. The summed E-state index contributed by atoms with van der Waals surface area (Å²) in [5.74, 6) is -8.08. The van der Waals surface area contributed by atoms with E-state index in [9.17, 15) is 60.0 Å². The van der Waals surface area contributed by atoms with Gasteiger partial charge in [0.1, 0.15) is 0 Å². The molecule has 4 aromatic rings. The number of aromatic hydroxyl groups is 6. The molecule has 1 aliphatic rings. The Kier molecular flexibility index (Phi) is 10.6. The standard InChI is InChI=1S/C36H30O16/c37-21-6-1-18(11-24(21)40)14-29(34(44)45)49-31(43)10-4-17-3-9-27-28(13-17)51-33(32(50-27)20-5-8-23(39)26(42)16-20)36(48)52-30(35(46)47)15-19-2-7-22(38)25(41)12-19/h1-13,16,29-30,32-33,37-42H,14-15H2,(H,44,45)(H,46,47)/b10-4+/t29-,30-,32+,33+/m1/s1. The van der Waals surface area contributed by atoms with Crippen molar-refractivity contribution < 1.29 is 79.0 Å². The van der Waals surface area contributed by atoms with Crippen LogP contribution in [0.4, 0.5) is 0 Å². The maximum absolute atomic E-state index is 13.6. The second kappa shape index (κ2) is 15.2. The van der Waals surface area contributed by atoms with Gasteiger partial charge in [0.15, 0.2) is 52.1 Å². The molecule has 1 heterocycles. The Bertz CT molecular complexity index is 2050. The number of carboxylic acids is 2. The number of esters is 2. The van der Waals surface area contributed by atoms with Crippen molar-refractivity contribution in [3.63, 3.8) is 0 Å². The number of hydrogen-bond acceptors (Lipinski definition) is 14. The third-order valence-electron chi connectivity index (χ3n) is 7.71. The van der Waals surface area contributed by atoms with Gasteiger partial charge in [-0.25, -0.2) is 19.2 Å². The number of benzene rings is 4. The lowest BCUT2D eigenvalue weighted by Crippen LogP contribution is -2.43. The molecule has 0 unspecified atom stereocenters. The van der Waals surface area contributed by atoms with Gasteiger partial charge in [-0.05, 0) is 71.3 Å². The van der Waals surface area contributed by atoms with Gasteiger partial charge in [0.05, 0.1) is 0 Å². The van der Waals surface area contributed by atoms with Crippen LogP contribution >= 0.6 is 0 Å². The van der Waals surface area contributed by atoms with Crippen LogP contribution in [0.5, 0.6) is 46.0 Å². The normalized spacial score (nSPS) is 16.1. The third kappa shape index (κ3) is 8.54. The van der Waals surface area contributed by atoms with Gasteiger partial charge >= 0.3 is 23.9 Å². The predicted octanol–water partition coefficient (Wildman–Crippen LogP) is 3.29. The zero-order valence-corrected chi connectivity index (χ0v) is 26.7. The molecule has 4 aromatic carbocycles. The van der Waals surface area contributed by atoms with Crippen molar-refractivity contribution in [3.05, 3.63) is 101 Å². The molecule has 16 nitrogen and oxygen atoms in total. The number of hydrogen-bond donors (Lipinski definition) is 8. The van der Waals surface area contributed by atoms with Crippen LogP contribution in [0, 0.1) is 0 Å². The number of ether oxygens (including phenoxy) is 4. The van der Waals surface area contributed by atoms with Crippen LogP contribution in [0.3, 0.4) is 0 Å². The average molecular weight is 719 g/mol. The number of carboxylic acid groups (broad SMARTS) is 2. The maximum atomic E-state index is 13.6. The van der Waals surface area contributed by atoms with Crippen LogP contribution in [0.2, 0.25) is 0 Å². The molecule has 0 saturated carbocycles. The topological polar surface area (TPSA) is 267 Å². The molecule has 0 aromatic heterocycles. The molecule has 16 heteroatoms. The smallest absolute Gasteiger partial charge is 0.352 e. The molecule has 52 heavy (non-hydrogen) atoms. The van der Waals surface area contributed by atoms with Crippen molar-refractivity contribution in [1.82, 2.24) is 0 Å². The Morgan fingerprint density at radius 3 is 1.69 bits per heavy atom. The lowest BCUT2D eigenvalue weighted by molar-refractivity contribution is -0.173. The van der Waals surface area contributed by atoms with Gasteiger partial charge in [-0.2, -0.15) is 0 Å². The van der Waals surface area contributed by atoms with E-state index in [1.807, 2.05) is 0 Å². The van der Waals surface area contributed by atoms with Crippen molar-refractivity contribution in [2.75, 3.05) is 0 Å². The largest absolute Gasteiger partial charge is 0.504 e. The molecule has 0 aliphatic carbocycles. The minimum absolute atomic E-state index is 0.0531. The highest BCUT2D eigenvalue weighted by molar-refractivity contribution is 5.89. The van der Waals surface area contributed by atoms with Crippen molar-refractivity contribution in [3.8, 4) is 46.0 Å². The van der Waals surface area contributed by atoms with Crippen molar-refractivity contribution >= 4 is 30.0 Å². The predicted molar refractivity (Wildman–Crippen MR) is 175 cm³/mol. The fourth-order valence-corrected chi connectivity index (χ4v) is 5.08. The average Bonchev–Trinajstić information content (AvgIpc) is 3.10. The first-order valence-corrected chi connectivity index (χ1v) is 15.2. The van der Waals surface area contributed by atoms with E-state index < -0.39 is 89.2 Å². The van der Waals surface area contributed by atoms with Crippen LogP contribution in [-0.2, 0) is 41.5 Å². The molecule has 0 spiro atoms. The minimum atomic E-state index is -1.79. The summed E-state index contributed by atoms with van der Waals surface area (Å²) in [5, 5.41) is 77.8. The quantitative estimate of drug-likeness (QED) is 0.0593. The van der Waals surface area contributed by atoms with Crippen molar-refractivity contribution in [1.29, 1.82) is 0 Å². The van der Waals surface area contributed by atoms with Gasteiger partial charge in [0.2, 0.25) is 18.3 Å². The third-order valence-corrected chi connectivity index (χ3v) is 7.71. The van der Waals surface area contributed by atoms with Crippen molar-refractivity contribution in [2.24, 2.45) is 0 Å². The van der Waals surface area contributed by atoms with E-state index in [2.05, 4.69) is 0 Å². The molecule has 0 radical (unpaired) electrons. The monoisotopic (exact) mass is 718 g/mol. The van der Waals surface area contributed by atoms with Gasteiger partial charge in [-0.3, -0.25) is 0 Å². The molecule has 1 aliphatic heterocycles. The Labute approximate surface area is 293 Å². The molecular formula is C36H30O16. The lowest BCUT2D eigenvalue weighted by atomic mass is 10.0. The van der Waals surface area contributed by atoms with E-state index in [1.54, 1.807) is 0 Å². The summed E-state index contributed by atoms with van der Waals surface area (Å²) < 4.78 is 22.4. The fourth-order valence-electron chi connectivity index (χ4n) is 5.08. The van der Waals surface area contributed by atoms with E-state index in [4.69, 9.17) is 18.9 Å². The molecule has 270 valence electrons. The number of carbonyl (C=O) groups excluding carboxylic acids is 2. The van der Waals surface area contributed by atoms with Gasteiger partial charge in [0.25, 0.3) is 0 Å². The summed E-state index contributed by atoms with van der Waals surface area (Å²) in [6.45, 7) is 0. The second-order valence-corrected chi connectivity index (χ2v) is 11.4. The highest BCUT2D eigenvalue weighted by atomic mass is 16.6. The zero-order chi connectivity index (χ0) is 37.7. The van der Waals surface area contributed by atoms with Crippen LogP contribution in [0.1, 0.15) is 28.4 Å². The van der Waals surface area contributed by atoms with Crippen LogP contribution in [0.25, 0.3) is 6.08 Å². The molecule has 0 fully saturated rings. The summed E-state index contributed by atoms with van der Waals surface area (Å²) in [7, 11) is 0. The van der Waals surface area contributed by atoms with E-state index in [0.717, 1.165) is 42.5 Å². The zero-order valence-electron chi connectivity index (χ0n) is 26.7. The van der Waals surface area contributed by atoms with Gasteiger partial charge in [-0.15, -0.1) is 0 Å². The summed E-state index contributed by atoms with van der Waals surface area (Å²) >= 11 is 0. The Balaban J connectivity index is 1.36. The first kappa shape index (κ1) is 36.2. The number of rotatable bonds is 12. The van der Waals surface area contributed by atoms with Gasteiger partial charge < -0.3 is 59.8 Å². The molecule has 0 bridgehead atoms. The highest BCUT2D eigenvalue weighted by Gasteiger charge is 2.41. The molecular weight excluding hydrogens is 688 g/mol. The lowest BCUT2D eigenvalue weighted by Gasteiger charge is -2.33. The van der Waals surface area contributed by atoms with Crippen LogP contribution in [-0.4, -0.2) is 83.0 Å². The number of phenols is 6. The Morgan fingerprint density at radius 1 is 0.615 bits per heavy atom. The molecule has 8 N–H and O–H groups in total.